The molecule has 1 unspecified atom stereocenters. The third kappa shape index (κ3) is 1.50. The van der Waals surface area contributed by atoms with Crippen molar-refractivity contribution in [3.63, 3.8) is 0 Å². The van der Waals surface area contributed by atoms with Gasteiger partial charge in [-0.1, -0.05) is 0 Å². The van der Waals surface area contributed by atoms with E-state index in [1.807, 2.05) is 4.90 Å². The average Bonchev–Trinajstić information content (AvgIpc) is 2.97. The number of carbonyl (C=O) groups excluding carboxylic acids is 1. The topological polar surface area (TPSA) is 79.2 Å². The molecule has 1 atom stereocenters. The molecule has 2 aromatic rings. The maximum Gasteiger partial charge on any atom is 0.270 e. The van der Waals surface area contributed by atoms with E-state index < -0.39 is 0 Å². The van der Waals surface area contributed by atoms with Crippen molar-refractivity contribution >= 4 is 22.5 Å². The standard InChI is InChI=1S/C15H15N3O3/c1-15-6-4-13(19)17(15)7-5-10-11-8-9(18(20)21)2-3-12(11)16-14(10)15/h2-3,8,16H,4-7H2,1H3. The highest BCUT2D eigenvalue weighted by Crippen LogP contribution is 2.45. The van der Waals surface area contributed by atoms with Gasteiger partial charge >= 0.3 is 0 Å². The number of rotatable bonds is 1. The van der Waals surface area contributed by atoms with Gasteiger partial charge in [-0.3, -0.25) is 14.9 Å². The van der Waals surface area contributed by atoms with E-state index in [1.165, 1.54) is 6.07 Å². The molecular weight excluding hydrogens is 270 g/mol. The molecule has 1 N–H and O–H groups in total. The van der Waals surface area contributed by atoms with Crippen molar-refractivity contribution in [2.75, 3.05) is 6.54 Å². The fourth-order valence-electron chi connectivity index (χ4n) is 3.82. The Morgan fingerprint density at radius 3 is 2.95 bits per heavy atom. The Labute approximate surface area is 120 Å². The van der Waals surface area contributed by atoms with Crippen LogP contribution in [0.5, 0.6) is 0 Å². The van der Waals surface area contributed by atoms with Gasteiger partial charge in [-0.2, -0.15) is 0 Å². The number of H-pyrrole nitrogens is 1. The van der Waals surface area contributed by atoms with Crippen LogP contribution in [0, 0.1) is 10.1 Å². The Morgan fingerprint density at radius 1 is 1.38 bits per heavy atom. The van der Waals surface area contributed by atoms with Crippen LogP contribution in [0.2, 0.25) is 0 Å². The highest BCUT2D eigenvalue weighted by molar-refractivity contribution is 5.89. The Kier molecular flexibility index (Phi) is 2.26. The van der Waals surface area contributed by atoms with Crippen molar-refractivity contribution in [3.8, 4) is 0 Å². The van der Waals surface area contributed by atoms with E-state index in [9.17, 15) is 14.9 Å². The van der Waals surface area contributed by atoms with E-state index in [4.69, 9.17) is 0 Å². The first-order valence-corrected chi connectivity index (χ1v) is 7.11. The van der Waals surface area contributed by atoms with Crippen molar-refractivity contribution in [2.45, 2.75) is 31.7 Å². The van der Waals surface area contributed by atoms with E-state index in [0.29, 0.717) is 13.0 Å². The number of aromatic nitrogens is 1. The molecule has 0 saturated carbocycles. The number of aromatic amines is 1. The lowest BCUT2D eigenvalue weighted by Crippen LogP contribution is -2.46. The van der Waals surface area contributed by atoms with Crippen LogP contribution < -0.4 is 0 Å². The molecule has 21 heavy (non-hydrogen) atoms. The zero-order chi connectivity index (χ0) is 14.8. The molecule has 0 radical (unpaired) electrons. The maximum absolute atomic E-state index is 12.0. The normalized spacial score (nSPS) is 24.2. The number of non-ortho nitro benzene ring substituents is 1. The van der Waals surface area contributed by atoms with Crippen LogP contribution in [-0.2, 0) is 16.8 Å². The molecule has 1 fully saturated rings. The van der Waals surface area contributed by atoms with Crippen LogP contribution in [0.1, 0.15) is 31.0 Å². The van der Waals surface area contributed by atoms with Crippen LogP contribution >= 0.6 is 0 Å². The number of nitro groups is 1. The molecule has 108 valence electrons. The second-order valence-electron chi connectivity index (χ2n) is 6.03. The van der Waals surface area contributed by atoms with Crippen molar-refractivity contribution < 1.29 is 9.72 Å². The van der Waals surface area contributed by atoms with Gasteiger partial charge in [0.25, 0.3) is 5.69 Å². The van der Waals surface area contributed by atoms with Crippen LogP contribution in [0.4, 0.5) is 5.69 Å². The first kappa shape index (κ1) is 12.4. The summed E-state index contributed by atoms with van der Waals surface area (Å²) in [5.74, 6) is 0.202. The first-order valence-electron chi connectivity index (χ1n) is 7.11. The van der Waals surface area contributed by atoms with Crippen LogP contribution in [0.25, 0.3) is 10.9 Å². The monoisotopic (exact) mass is 285 g/mol. The molecule has 4 rings (SSSR count). The zero-order valence-corrected chi connectivity index (χ0v) is 11.7. The summed E-state index contributed by atoms with van der Waals surface area (Å²) in [6, 6.07) is 4.92. The van der Waals surface area contributed by atoms with E-state index in [-0.39, 0.29) is 22.1 Å². The molecule has 0 aliphatic carbocycles. The van der Waals surface area contributed by atoms with E-state index >= 15 is 0 Å². The number of hydrogen-bond acceptors (Lipinski definition) is 3. The number of nitrogens with zero attached hydrogens (tertiary/aromatic N) is 2. The SMILES string of the molecule is CC12CCC(=O)N1CCc1c2[nH]c2ccc([N+](=O)[O-])cc12. The van der Waals surface area contributed by atoms with Gasteiger partial charge in [-0.05, 0) is 31.4 Å². The number of nitro benzene ring substituents is 1. The highest BCUT2D eigenvalue weighted by atomic mass is 16.6. The Hall–Kier alpha value is -2.37. The Balaban J connectivity index is 1.95. The number of benzene rings is 1. The quantitative estimate of drug-likeness (QED) is 0.645. The number of hydrogen-bond donors (Lipinski definition) is 1. The second kappa shape index (κ2) is 3.84. The Morgan fingerprint density at radius 2 is 2.19 bits per heavy atom. The predicted octanol–water partition coefficient (Wildman–Crippen LogP) is 2.47. The molecule has 2 aliphatic heterocycles. The van der Waals surface area contributed by atoms with Gasteiger partial charge < -0.3 is 9.88 Å². The molecule has 6 nitrogen and oxygen atoms in total. The lowest BCUT2D eigenvalue weighted by atomic mass is 9.86. The molecule has 0 bridgehead atoms. The van der Waals surface area contributed by atoms with Crippen LogP contribution in [0.15, 0.2) is 18.2 Å². The summed E-state index contributed by atoms with van der Waals surface area (Å²) in [5.41, 5.74) is 2.91. The van der Waals surface area contributed by atoms with Crippen molar-refractivity contribution in [2.24, 2.45) is 0 Å². The molecule has 1 aromatic carbocycles. The van der Waals surface area contributed by atoms with E-state index in [2.05, 4.69) is 11.9 Å². The van der Waals surface area contributed by atoms with E-state index in [0.717, 1.165) is 35.0 Å². The van der Waals surface area contributed by atoms with Gasteiger partial charge in [0.2, 0.25) is 5.91 Å². The predicted molar refractivity (Wildman–Crippen MR) is 77.0 cm³/mol. The summed E-state index contributed by atoms with van der Waals surface area (Å²) >= 11 is 0. The van der Waals surface area contributed by atoms with Crippen molar-refractivity contribution in [1.29, 1.82) is 0 Å². The Bertz CT molecular complexity index is 795. The van der Waals surface area contributed by atoms with Gasteiger partial charge in [0.15, 0.2) is 0 Å². The minimum atomic E-state index is -0.366. The third-order valence-electron chi connectivity index (χ3n) is 4.95. The summed E-state index contributed by atoms with van der Waals surface area (Å²) < 4.78 is 0. The minimum Gasteiger partial charge on any atom is -0.356 e. The lowest BCUT2D eigenvalue weighted by molar-refractivity contribution is -0.384. The van der Waals surface area contributed by atoms with Gasteiger partial charge in [0.05, 0.1) is 10.5 Å². The molecular formula is C15H15N3O3. The fraction of sp³-hybridized carbons (Fsp3) is 0.400. The average molecular weight is 285 g/mol. The summed E-state index contributed by atoms with van der Waals surface area (Å²) in [7, 11) is 0. The molecule has 3 heterocycles. The summed E-state index contributed by atoms with van der Waals surface area (Å²) in [5, 5.41) is 11.9. The van der Waals surface area contributed by atoms with E-state index in [1.54, 1.807) is 12.1 Å². The number of nitrogens with one attached hydrogen (secondary N) is 1. The zero-order valence-electron chi connectivity index (χ0n) is 11.7. The number of carbonyl (C=O) groups is 1. The van der Waals surface area contributed by atoms with Gasteiger partial charge in [0.1, 0.15) is 0 Å². The fourth-order valence-corrected chi connectivity index (χ4v) is 3.82. The van der Waals surface area contributed by atoms with Gasteiger partial charge in [-0.25, -0.2) is 0 Å². The van der Waals surface area contributed by atoms with Crippen molar-refractivity contribution in [1.82, 2.24) is 9.88 Å². The molecule has 1 amide bonds. The number of amides is 1. The van der Waals surface area contributed by atoms with Gasteiger partial charge in [-0.15, -0.1) is 0 Å². The second-order valence-corrected chi connectivity index (χ2v) is 6.03. The molecule has 0 spiro atoms. The van der Waals surface area contributed by atoms with Crippen LogP contribution in [0.3, 0.4) is 0 Å². The highest BCUT2D eigenvalue weighted by Gasteiger charge is 2.47. The summed E-state index contributed by atoms with van der Waals surface area (Å²) in [6.45, 7) is 2.78. The first-order chi connectivity index (χ1) is 10.0. The summed E-state index contributed by atoms with van der Waals surface area (Å²) in [4.78, 5) is 27.9. The van der Waals surface area contributed by atoms with Crippen molar-refractivity contribution in [3.05, 3.63) is 39.6 Å². The molecule has 1 aromatic heterocycles. The third-order valence-corrected chi connectivity index (χ3v) is 4.95. The number of fused-ring (bicyclic) bond motifs is 5. The maximum atomic E-state index is 12.0. The summed E-state index contributed by atoms with van der Waals surface area (Å²) in [6.07, 6.45) is 2.12. The van der Waals surface area contributed by atoms with Crippen LogP contribution in [-0.4, -0.2) is 27.3 Å². The lowest BCUT2D eigenvalue weighted by Gasteiger charge is -2.39. The smallest absolute Gasteiger partial charge is 0.270 e. The minimum absolute atomic E-state index is 0.111. The van der Waals surface area contributed by atoms with Gasteiger partial charge in [0, 0.05) is 41.7 Å². The largest absolute Gasteiger partial charge is 0.356 e. The molecule has 6 heteroatoms. The molecule has 2 aliphatic rings. The molecule has 1 saturated heterocycles.